The topological polar surface area (TPSA) is 22.9 Å². The van der Waals surface area contributed by atoms with Gasteiger partial charge < -0.3 is 14.2 Å². The van der Waals surface area contributed by atoms with E-state index in [1.165, 1.54) is 4.90 Å². The third-order valence-corrected chi connectivity index (χ3v) is 5.10. The molecule has 0 fully saturated rings. The number of hydrogen-bond donors (Lipinski definition) is 0. The van der Waals surface area contributed by atoms with Crippen molar-refractivity contribution >= 4 is 41.4 Å². The molecule has 0 radical (unpaired) electrons. The van der Waals surface area contributed by atoms with Crippen molar-refractivity contribution in [3.05, 3.63) is 59.2 Å². The van der Waals surface area contributed by atoms with E-state index in [9.17, 15) is 0 Å². The quantitative estimate of drug-likeness (QED) is 0.639. The molecule has 0 amide bonds. The maximum atomic E-state index is 8.01. The van der Waals surface area contributed by atoms with Crippen molar-refractivity contribution in [2.75, 3.05) is 16.9 Å². The summed E-state index contributed by atoms with van der Waals surface area (Å²) in [6.45, 7) is 1.84. The fraction of sp³-hybridized carbons (Fsp3) is 0.200. The summed E-state index contributed by atoms with van der Waals surface area (Å²) in [6.07, 6.45) is 1.62. The van der Waals surface area contributed by atoms with Crippen LogP contribution < -0.4 is 20.5 Å². The molecule has 124 valence electrons. The molecular formula is C20H20BN3O. The van der Waals surface area contributed by atoms with Gasteiger partial charge in [-0.25, -0.2) is 0 Å². The first kappa shape index (κ1) is 11.7. The lowest BCUT2D eigenvalue weighted by Crippen LogP contribution is -2.55. The molecule has 2 aliphatic heterocycles. The van der Waals surface area contributed by atoms with Crippen molar-refractivity contribution in [2.45, 2.75) is 19.9 Å². The Hall–Kier alpha value is -2.82. The van der Waals surface area contributed by atoms with Crippen LogP contribution in [0.1, 0.15) is 11.0 Å². The van der Waals surface area contributed by atoms with Crippen molar-refractivity contribution < 1.29 is 8.53 Å². The monoisotopic (exact) mass is 332 g/mol. The second kappa shape index (κ2) is 5.09. The van der Waals surface area contributed by atoms with Crippen LogP contribution >= 0.6 is 0 Å². The maximum Gasteiger partial charge on any atom is 0.304 e. The van der Waals surface area contributed by atoms with Gasteiger partial charge in [-0.15, -0.1) is 0 Å². The molecule has 25 heavy (non-hydrogen) atoms. The zero-order chi connectivity index (χ0) is 19.6. The normalized spacial score (nSPS) is 21.2. The number of anilines is 2. The first-order valence-electron chi connectivity index (χ1n) is 10.0. The molecule has 0 bridgehead atoms. The molecule has 0 saturated heterocycles. The van der Waals surface area contributed by atoms with E-state index in [1.807, 2.05) is 60.6 Å². The van der Waals surface area contributed by atoms with Crippen LogP contribution in [0.4, 0.5) is 11.4 Å². The van der Waals surface area contributed by atoms with Gasteiger partial charge in [-0.2, -0.15) is 0 Å². The summed E-state index contributed by atoms with van der Waals surface area (Å²) < 4.78 is 30.1. The molecule has 0 aliphatic carbocycles. The van der Waals surface area contributed by atoms with E-state index in [0.29, 0.717) is 5.69 Å². The van der Waals surface area contributed by atoms with E-state index >= 15 is 0 Å². The van der Waals surface area contributed by atoms with Gasteiger partial charge in [-0.05, 0) is 25.1 Å². The average Bonchev–Trinajstić information content (AvgIpc) is 3.15. The molecule has 0 N–H and O–H groups in total. The number of rotatable bonds is 1. The molecule has 5 rings (SSSR count). The number of nitrogens with zero attached hydrogens (tertiary/aromatic N) is 3. The van der Waals surface area contributed by atoms with Crippen molar-refractivity contribution in [1.29, 1.82) is 0 Å². The number of furan rings is 1. The Labute approximate surface area is 151 Å². The highest BCUT2D eigenvalue weighted by Crippen LogP contribution is 2.39. The van der Waals surface area contributed by atoms with Crippen molar-refractivity contribution in [1.82, 2.24) is 4.92 Å². The Morgan fingerprint density at radius 2 is 1.84 bits per heavy atom. The summed E-state index contributed by atoms with van der Waals surface area (Å²) in [6, 6.07) is 15.6. The summed E-state index contributed by atoms with van der Waals surface area (Å²) in [7, 11) is 0. The van der Waals surface area contributed by atoms with Crippen LogP contribution in [-0.4, -0.2) is 24.9 Å². The van der Waals surface area contributed by atoms with Crippen LogP contribution in [0.25, 0.3) is 23.1 Å². The predicted molar refractivity (Wildman–Crippen MR) is 105 cm³/mol. The molecule has 3 heterocycles. The summed E-state index contributed by atoms with van der Waals surface area (Å²) in [5.74, 6) is 2.18. The largest absolute Gasteiger partial charge is 0.455 e. The van der Waals surface area contributed by atoms with Gasteiger partial charge >= 0.3 is 6.85 Å². The first-order valence-corrected chi connectivity index (χ1v) is 8.53. The molecule has 2 aromatic carbocycles. The molecule has 0 saturated carbocycles. The number of benzene rings is 2. The summed E-state index contributed by atoms with van der Waals surface area (Å²) in [4.78, 5) is 3.57. The highest BCUT2D eigenvalue weighted by atomic mass is 16.3. The molecule has 4 nitrogen and oxygen atoms in total. The molecular weight excluding hydrogens is 309 g/mol. The lowest BCUT2D eigenvalue weighted by Gasteiger charge is -2.39. The van der Waals surface area contributed by atoms with Crippen molar-refractivity contribution in [3.63, 3.8) is 0 Å². The van der Waals surface area contributed by atoms with Crippen molar-refractivity contribution in [3.8, 4) is 0 Å². The zero-order valence-electron chi connectivity index (χ0n) is 17.2. The minimum atomic E-state index is -2.22. The summed E-state index contributed by atoms with van der Waals surface area (Å²) in [5, 5.41) is 4.23. The molecule has 2 aliphatic rings. The maximum absolute atomic E-state index is 8.01. The van der Waals surface area contributed by atoms with Crippen molar-refractivity contribution in [2.24, 2.45) is 0 Å². The number of hydrogen-bond acceptors (Lipinski definition) is 4. The van der Waals surface area contributed by atoms with E-state index in [-0.39, 0.29) is 13.0 Å². The Morgan fingerprint density at radius 1 is 1.08 bits per heavy atom. The zero-order valence-corrected chi connectivity index (χ0v) is 14.2. The smallest absolute Gasteiger partial charge is 0.304 e. The van der Waals surface area contributed by atoms with Gasteiger partial charge in [-0.3, -0.25) is 5.01 Å². The Morgan fingerprint density at radius 3 is 2.68 bits per heavy atom. The van der Waals surface area contributed by atoms with E-state index in [2.05, 4.69) is 23.8 Å². The fourth-order valence-electron chi connectivity index (χ4n) is 3.86. The van der Waals surface area contributed by atoms with Crippen LogP contribution in [0.2, 0.25) is 6.82 Å². The van der Waals surface area contributed by atoms with E-state index in [1.54, 1.807) is 0 Å². The van der Waals surface area contributed by atoms with E-state index < -0.39 is 6.98 Å². The molecule has 1 atom stereocenters. The molecule has 0 unspecified atom stereocenters. The predicted octanol–water partition coefficient (Wildman–Crippen LogP) is 2.64. The number of fused-ring (bicyclic) bond motifs is 4. The lowest BCUT2D eigenvalue weighted by molar-refractivity contribution is 0.479. The minimum Gasteiger partial charge on any atom is -0.455 e. The molecule has 3 aromatic rings. The van der Waals surface area contributed by atoms with Gasteiger partial charge in [0.2, 0.25) is 0 Å². The minimum absolute atomic E-state index is 0.0422. The molecule has 5 heteroatoms. The SMILES string of the molecule is [2H]C([2H])([2H])N1c2ccccc2N(N2C=c3oc4ccccc4c3=CB2C)[C@H]1C. The Balaban J connectivity index is 1.67. The first-order chi connectivity index (χ1) is 13.4. The van der Waals surface area contributed by atoms with Crippen LogP contribution in [0.3, 0.4) is 0 Å². The second-order valence-electron chi connectivity index (χ2n) is 6.63. The van der Waals surface area contributed by atoms with Gasteiger partial charge in [0.05, 0.1) is 17.6 Å². The summed E-state index contributed by atoms with van der Waals surface area (Å²) >= 11 is 0. The van der Waals surface area contributed by atoms with Crippen LogP contribution in [0.15, 0.2) is 52.9 Å². The Kier molecular flexibility index (Phi) is 2.38. The average molecular weight is 332 g/mol. The van der Waals surface area contributed by atoms with E-state index in [4.69, 9.17) is 8.53 Å². The number of para-hydroxylation sites is 3. The standard InChI is InChI=1S/C20H20BN3O/c1-14-22(3)17-9-5-6-10-18(17)24(14)23-13-20-16(12-21(23)2)15-8-4-7-11-19(15)25-20/h4-14H,1-3H3/t14-/m0/s1/i3D3. The van der Waals surface area contributed by atoms with Crippen LogP contribution in [0, 0.1) is 0 Å². The summed E-state index contributed by atoms with van der Waals surface area (Å²) in [5.41, 5.74) is 3.23. The van der Waals surface area contributed by atoms with Crippen LogP contribution in [0.5, 0.6) is 0 Å². The Bertz CT molecular complexity index is 1190. The molecule has 1 aromatic heterocycles. The highest BCUT2D eigenvalue weighted by Gasteiger charge is 2.36. The lowest BCUT2D eigenvalue weighted by atomic mass is 9.63. The fourth-order valence-corrected chi connectivity index (χ4v) is 3.86. The third kappa shape index (κ3) is 1.95. The third-order valence-electron chi connectivity index (χ3n) is 5.10. The van der Waals surface area contributed by atoms with Gasteiger partial charge in [0, 0.05) is 21.7 Å². The van der Waals surface area contributed by atoms with E-state index in [0.717, 1.165) is 27.3 Å². The van der Waals surface area contributed by atoms with Gasteiger partial charge in [0.25, 0.3) is 0 Å². The highest BCUT2D eigenvalue weighted by molar-refractivity contribution is 6.70. The van der Waals surface area contributed by atoms with Gasteiger partial charge in [0.1, 0.15) is 11.7 Å². The molecule has 0 spiro atoms. The number of hydrazine groups is 1. The van der Waals surface area contributed by atoms with Gasteiger partial charge in [-0.1, -0.05) is 43.1 Å². The van der Waals surface area contributed by atoms with Gasteiger partial charge in [0.15, 0.2) is 5.42 Å². The van der Waals surface area contributed by atoms with Crippen LogP contribution in [-0.2, 0) is 0 Å². The second-order valence-corrected chi connectivity index (χ2v) is 6.63.